The van der Waals surface area contributed by atoms with Gasteiger partial charge in [-0.2, -0.15) is 0 Å². The van der Waals surface area contributed by atoms with Crippen molar-refractivity contribution in [2.45, 2.75) is 25.9 Å². The van der Waals surface area contributed by atoms with Gasteiger partial charge in [-0.15, -0.1) is 0 Å². The molecule has 2 atom stereocenters. The molecule has 0 aliphatic rings. The number of benzene rings is 2. The molecule has 0 radical (unpaired) electrons. The van der Waals surface area contributed by atoms with E-state index in [2.05, 4.69) is 0 Å². The highest BCUT2D eigenvalue weighted by atomic mass is 31.2. The molecule has 0 aliphatic carbocycles. The van der Waals surface area contributed by atoms with Gasteiger partial charge >= 0.3 is 0 Å². The maximum Gasteiger partial charge on any atom is 0.254 e. The Morgan fingerprint density at radius 2 is 1.10 bits per heavy atom. The van der Waals surface area contributed by atoms with Gasteiger partial charge < -0.3 is 9.79 Å². The third-order valence-electron chi connectivity index (χ3n) is 3.56. The summed E-state index contributed by atoms with van der Waals surface area (Å²) in [5.74, 6) is 0. The molecule has 3 nitrogen and oxygen atoms in total. The average molecular weight is 289 g/mol. The molecule has 2 rings (SSSR count). The fourth-order valence-corrected chi connectivity index (χ4v) is 3.30. The molecule has 0 amide bonds. The molecule has 0 saturated carbocycles. The number of rotatable bonds is 5. The molecule has 2 aromatic carbocycles. The lowest BCUT2D eigenvalue weighted by Gasteiger charge is -2.35. The van der Waals surface area contributed by atoms with E-state index in [0.717, 1.165) is 11.1 Å². The Labute approximate surface area is 121 Å². The molecular formula is C16H20NO2P. The van der Waals surface area contributed by atoms with Gasteiger partial charge in [-0.25, -0.2) is 4.67 Å². The smallest absolute Gasteiger partial charge is 0.254 e. The van der Waals surface area contributed by atoms with Crippen LogP contribution >= 0.6 is 8.53 Å². The maximum absolute atomic E-state index is 9.82. The van der Waals surface area contributed by atoms with Gasteiger partial charge in [0.25, 0.3) is 8.53 Å². The molecular weight excluding hydrogens is 269 g/mol. The van der Waals surface area contributed by atoms with E-state index >= 15 is 0 Å². The first-order valence-electron chi connectivity index (χ1n) is 6.67. The van der Waals surface area contributed by atoms with E-state index in [0.29, 0.717) is 0 Å². The Kier molecular flexibility index (Phi) is 5.27. The predicted molar refractivity (Wildman–Crippen MR) is 82.9 cm³/mol. The summed E-state index contributed by atoms with van der Waals surface area (Å²) in [6.07, 6.45) is 0. The van der Waals surface area contributed by atoms with Crippen molar-refractivity contribution in [1.82, 2.24) is 4.67 Å². The van der Waals surface area contributed by atoms with Crippen molar-refractivity contribution in [3.63, 3.8) is 0 Å². The monoisotopic (exact) mass is 289 g/mol. The Hall–Kier alpha value is -1.25. The van der Waals surface area contributed by atoms with E-state index in [1.54, 1.807) is 4.67 Å². The third kappa shape index (κ3) is 3.44. The van der Waals surface area contributed by atoms with Crippen LogP contribution in [0.2, 0.25) is 0 Å². The second kappa shape index (κ2) is 6.96. The lowest BCUT2D eigenvalue weighted by molar-refractivity contribution is 0.240. The highest BCUT2D eigenvalue weighted by Crippen LogP contribution is 2.45. The lowest BCUT2D eigenvalue weighted by Crippen LogP contribution is -2.25. The number of nitrogens with zero attached hydrogens (tertiary/aromatic N) is 1. The molecule has 0 heterocycles. The van der Waals surface area contributed by atoms with Crippen molar-refractivity contribution in [3.05, 3.63) is 71.8 Å². The highest BCUT2D eigenvalue weighted by molar-refractivity contribution is 7.42. The van der Waals surface area contributed by atoms with Crippen LogP contribution in [0.5, 0.6) is 0 Å². The summed E-state index contributed by atoms with van der Waals surface area (Å²) in [7, 11) is -2.16. The SMILES string of the molecule is CC(c1ccccc1)N([C@@H](C)c1ccccc1)P(O)O. The minimum atomic E-state index is -2.16. The molecule has 0 aliphatic heterocycles. The Morgan fingerprint density at radius 1 is 0.750 bits per heavy atom. The Bertz CT molecular complexity index is 473. The summed E-state index contributed by atoms with van der Waals surface area (Å²) in [5, 5.41) is 0. The Balaban J connectivity index is 2.28. The van der Waals surface area contributed by atoms with E-state index in [9.17, 15) is 9.79 Å². The Morgan fingerprint density at radius 3 is 1.40 bits per heavy atom. The zero-order valence-electron chi connectivity index (χ0n) is 11.7. The van der Waals surface area contributed by atoms with E-state index in [-0.39, 0.29) is 12.1 Å². The summed E-state index contributed by atoms with van der Waals surface area (Å²) < 4.78 is 1.75. The van der Waals surface area contributed by atoms with Gasteiger partial charge in [-0.05, 0) is 25.0 Å². The normalized spacial score (nSPS) is 14.5. The van der Waals surface area contributed by atoms with Crippen molar-refractivity contribution in [1.29, 1.82) is 0 Å². The largest absolute Gasteiger partial charge is 0.338 e. The van der Waals surface area contributed by atoms with E-state index in [1.165, 1.54) is 0 Å². The first kappa shape index (κ1) is 15.1. The van der Waals surface area contributed by atoms with Gasteiger partial charge in [0.15, 0.2) is 0 Å². The van der Waals surface area contributed by atoms with Crippen LogP contribution in [-0.4, -0.2) is 14.5 Å². The molecule has 2 aromatic rings. The summed E-state index contributed by atoms with van der Waals surface area (Å²) >= 11 is 0. The standard InChI is InChI=1S/C16H20NO2P/c1-13(15-9-5-3-6-10-15)17(20(18)19)14(2)16-11-7-4-8-12-16/h3-14,18-19H,1-2H3/t13-,14?/m0/s1. The van der Waals surface area contributed by atoms with Crippen LogP contribution in [0.1, 0.15) is 37.1 Å². The van der Waals surface area contributed by atoms with Crippen LogP contribution in [0, 0.1) is 0 Å². The number of hydrogen-bond donors (Lipinski definition) is 2. The molecule has 2 N–H and O–H groups in total. The first-order valence-corrected chi connectivity index (χ1v) is 7.87. The van der Waals surface area contributed by atoms with Crippen LogP contribution in [-0.2, 0) is 0 Å². The van der Waals surface area contributed by atoms with Crippen molar-refractivity contribution >= 4 is 8.53 Å². The molecule has 20 heavy (non-hydrogen) atoms. The summed E-state index contributed by atoms with van der Waals surface area (Å²) in [4.78, 5) is 19.6. The highest BCUT2D eigenvalue weighted by Gasteiger charge is 2.28. The molecule has 0 fully saturated rings. The average Bonchev–Trinajstić information content (AvgIpc) is 2.48. The second-order valence-corrected chi connectivity index (χ2v) is 5.82. The van der Waals surface area contributed by atoms with Gasteiger partial charge in [0, 0.05) is 12.1 Å². The quantitative estimate of drug-likeness (QED) is 0.817. The van der Waals surface area contributed by atoms with Crippen molar-refractivity contribution in [2.24, 2.45) is 0 Å². The molecule has 0 bridgehead atoms. The van der Waals surface area contributed by atoms with E-state index in [4.69, 9.17) is 0 Å². The summed E-state index contributed by atoms with van der Waals surface area (Å²) in [5.41, 5.74) is 2.15. The minimum absolute atomic E-state index is 0.0625. The number of hydrogen-bond acceptors (Lipinski definition) is 3. The molecule has 0 aromatic heterocycles. The first-order chi connectivity index (χ1) is 9.61. The van der Waals surface area contributed by atoms with Crippen molar-refractivity contribution in [2.75, 3.05) is 0 Å². The maximum atomic E-state index is 9.82. The van der Waals surface area contributed by atoms with Crippen LogP contribution in [0.4, 0.5) is 0 Å². The summed E-state index contributed by atoms with van der Waals surface area (Å²) in [6.45, 7) is 3.99. The second-order valence-electron chi connectivity index (χ2n) is 4.82. The molecule has 0 saturated heterocycles. The van der Waals surface area contributed by atoms with Gasteiger partial charge in [-0.3, -0.25) is 0 Å². The molecule has 4 heteroatoms. The fraction of sp³-hybridized carbons (Fsp3) is 0.250. The van der Waals surface area contributed by atoms with E-state index < -0.39 is 8.53 Å². The van der Waals surface area contributed by atoms with Crippen LogP contribution in [0.25, 0.3) is 0 Å². The van der Waals surface area contributed by atoms with Crippen LogP contribution in [0.3, 0.4) is 0 Å². The third-order valence-corrected chi connectivity index (χ3v) is 4.67. The van der Waals surface area contributed by atoms with Gasteiger partial charge in [-0.1, -0.05) is 60.7 Å². The topological polar surface area (TPSA) is 43.7 Å². The van der Waals surface area contributed by atoms with E-state index in [1.807, 2.05) is 74.5 Å². The van der Waals surface area contributed by atoms with Crippen molar-refractivity contribution < 1.29 is 9.79 Å². The van der Waals surface area contributed by atoms with Gasteiger partial charge in [0.05, 0.1) is 0 Å². The fourth-order valence-electron chi connectivity index (χ4n) is 2.41. The van der Waals surface area contributed by atoms with Crippen LogP contribution < -0.4 is 0 Å². The predicted octanol–water partition coefficient (Wildman–Crippen LogP) is 4.02. The lowest BCUT2D eigenvalue weighted by atomic mass is 10.0. The molecule has 1 unspecified atom stereocenters. The van der Waals surface area contributed by atoms with Crippen molar-refractivity contribution in [3.8, 4) is 0 Å². The zero-order valence-corrected chi connectivity index (χ0v) is 12.6. The van der Waals surface area contributed by atoms with Gasteiger partial charge in [0.1, 0.15) is 0 Å². The zero-order chi connectivity index (χ0) is 14.5. The molecule has 106 valence electrons. The van der Waals surface area contributed by atoms with Crippen LogP contribution in [0.15, 0.2) is 60.7 Å². The minimum Gasteiger partial charge on any atom is -0.338 e. The van der Waals surface area contributed by atoms with Gasteiger partial charge in [0.2, 0.25) is 0 Å². The molecule has 0 spiro atoms. The summed E-state index contributed by atoms with van der Waals surface area (Å²) in [6, 6.07) is 19.7.